The van der Waals surface area contributed by atoms with Crippen LogP contribution in [-0.2, 0) is 23.2 Å². The number of rotatable bonds is 14. The van der Waals surface area contributed by atoms with Crippen molar-refractivity contribution >= 4 is 10.1 Å². The molecule has 0 radical (unpaired) electrons. The number of alkyl halides is 9. The quantitative estimate of drug-likeness (QED) is 0.119. The summed E-state index contributed by atoms with van der Waals surface area (Å²) < 4.78 is 140. The van der Waals surface area contributed by atoms with Crippen LogP contribution in [0.4, 0.5) is 39.5 Å². The first kappa shape index (κ1) is 33.5. The minimum absolute atomic E-state index is 1.14. The molecule has 0 aliphatic rings. The standard InChI is InChI=1S/C16H31N2.C4HF9O3S/c1-3-5-6-7-8-9-10-11-13-18-15-14-17(16-18)12-4-2;5-1(6,3(9,10)11)2(7,8)4(12,13)17(14,15)16/h14-16H,3-13H2,1-2H3;(H,14,15,16)/q+1;/p-1. The lowest BCUT2D eigenvalue weighted by Gasteiger charge is -2.34. The molecule has 1 heterocycles. The first-order chi connectivity index (χ1) is 15.9. The number of halogens is 9. The van der Waals surface area contributed by atoms with Gasteiger partial charge in [0.05, 0.1) is 13.1 Å². The van der Waals surface area contributed by atoms with Crippen molar-refractivity contribution in [3.8, 4) is 0 Å². The van der Waals surface area contributed by atoms with Gasteiger partial charge in [-0.3, -0.25) is 0 Å². The minimum atomic E-state index is -7.43. The molecule has 0 unspecified atom stereocenters. The first-order valence-electron chi connectivity index (χ1n) is 11.1. The minimum Gasteiger partial charge on any atom is -0.743 e. The maximum atomic E-state index is 12.2. The third-order valence-electron chi connectivity index (χ3n) is 4.93. The van der Waals surface area contributed by atoms with Gasteiger partial charge in [0.1, 0.15) is 12.4 Å². The van der Waals surface area contributed by atoms with Crippen LogP contribution in [-0.4, -0.2) is 40.8 Å². The summed E-state index contributed by atoms with van der Waals surface area (Å²) >= 11 is 0. The lowest BCUT2D eigenvalue weighted by atomic mass is 10.1. The van der Waals surface area contributed by atoms with Crippen LogP contribution in [0.25, 0.3) is 0 Å². The fraction of sp³-hybridized carbons (Fsp3) is 0.850. The molecule has 1 aromatic rings. The van der Waals surface area contributed by atoms with Crippen LogP contribution in [0.3, 0.4) is 0 Å². The highest BCUT2D eigenvalue weighted by molar-refractivity contribution is 7.86. The molecule has 0 spiro atoms. The Bertz CT molecular complexity index is 841. The largest absolute Gasteiger partial charge is 0.743 e. The predicted molar refractivity (Wildman–Crippen MR) is 108 cm³/mol. The number of nitrogens with zero attached hydrogens (tertiary/aromatic N) is 2. The van der Waals surface area contributed by atoms with Crippen molar-refractivity contribution in [2.24, 2.45) is 0 Å². The van der Waals surface area contributed by atoms with Crippen LogP contribution < -0.4 is 4.57 Å². The van der Waals surface area contributed by atoms with E-state index in [0.29, 0.717) is 0 Å². The molecule has 1 aromatic heterocycles. The second kappa shape index (κ2) is 13.7. The molecule has 0 amide bonds. The monoisotopic (exact) mass is 550 g/mol. The summed E-state index contributed by atoms with van der Waals surface area (Å²) in [5, 5.41) is -7.11. The predicted octanol–water partition coefficient (Wildman–Crippen LogP) is 6.28. The molecule has 0 aliphatic carbocycles. The van der Waals surface area contributed by atoms with Crippen molar-refractivity contribution in [3.63, 3.8) is 0 Å². The molecule has 5 nitrogen and oxygen atoms in total. The van der Waals surface area contributed by atoms with Gasteiger partial charge in [-0.25, -0.2) is 17.6 Å². The van der Waals surface area contributed by atoms with Gasteiger partial charge in [-0.1, -0.05) is 52.4 Å². The third-order valence-corrected chi connectivity index (χ3v) is 5.81. The van der Waals surface area contributed by atoms with Gasteiger partial charge in [0, 0.05) is 0 Å². The van der Waals surface area contributed by atoms with Crippen LogP contribution >= 0.6 is 0 Å². The molecule has 0 aliphatic heterocycles. The zero-order valence-corrected chi connectivity index (χ0v) is 20.3. The van der Waals surface area contributed by atoms with Crippen molar-refractivity contribution in [2.75, 3.05) is 0 Å². The Hall–Kier alpha value is -1.51. The van der Waals surface area contributed by atoms with E-state index in [4.69, 9.17) is 0 Å². The zero-order chi connectivity index (χ0) is 27.6. The number of hydrogen-bond donors (Lipinski definition) is 0. The van der Waals surface area contributed by atoms with Crippen LogP contribution in [0.5, 0.6) is 0 Å². The van der Waals surface area contributed by atoms with Crippen LogP contribution in [0.15, 0.2) is 18.7 Å². The summed E-state index contributed by atoms with van der Waals surface area (Å²) in [6.07, 6.45) is 11.9. The highest BCUT2D eigenvalue weighted by Gasteiger charge is 2.83. The molecule has 0 atom stereocenters. The normalized spacial score (nSPS) is 13.5. The molecule has 0 N–H and O–H groups in total. The highest BCUT2D eigenvalue weighted by Crippen LogP contribution is 2.54. The van der Waals surface area contributed by atoms with Crippen molar-refractivity contribution in [3.05, 3.63) is 18.7 Å². The summed E-state index contributed by atoms with van der Waals surface area (Å²) in [7, 11) is -7.42. The van der Waals surface area contributed by atoms with Gasteiger partial charge in [-0.2, -0.15) is 39.5 Å². The fourth-order valence-corrected chi connectivity index (χ4v) is 3.35. The van der Waals surface area contributed by atoms with E-state index in [0.717, 1.165) is 6.54 Å². The SMILES string of the molecule is CCCCCCCCCCn1cc[n+](CCC)c1.O=S(=O)([O-])C(F)(F)C(F)(F)C(F)(F)C(F)(F)F. The van der Waals surface area contributed by atoms with Gasteiger partial charge in [0.2, 0.25) is 6.33 Å². The van der Waals surface area contributed by atoms with Gasteiger partial charge >= 0.3 is 23.3 Å². The Morgan fingerprint density at radius 1 is 0.771 bits per heavy atom. The van der Waals surface area contributed by atoms with Gasteiger partial charge in [-0.05, 0) is 19.3 Å². The molecule has 0 saturated heterocycles. The summed E-state index contributed by atoms with van der Waals surface area (Å²) in [5.41, 5.74) is 0. The van der Waals surface area contributed by atoms with Gasteiger partial charge < -0.3 is 4.55 Å². The van der Waals surface area contributed by atoms with Crippen molar-refractivity contribution < 1.29 is 57.1 Å². The number of imidazole rings is 1. The average Bonchev–Trinajstić information content (AvgIpc) is 3.16. The number of unbranched alkanes of at least 4 members (excludes halogenated alkanes) is 7. The Kier molecular flexibility index (Phi) is 13.1. The summed E-state index contributed by atoms with van der Waals surface area (Å²) in [5.74, 6) is -14.8. The van der Waals surface area contributed by atoms with Crippen molar-refractivity contribution in [1.29, 1.82) is 0 Å². The number of aryl methyl sites for hydroxylation is 2. The topological polar surface area (TPSA) is 66.0 Å². The second-order valence-electron chi connectivity index (χ2n) is 7.98. The first-order valence-corrected chi connectivity index (χ1v) is 12.5. The molecular formula is C20H31F9N2O3S. The van der Waals surface area contributed by atoms with E-state index in [-0.39, 0.29) is 0 Å². The second-order valence-corrected chi connectivity index (χ2v) is 9.40. The molecule has 0 bridgehead atoms. The molecule has 35 heavy (non-hydrogen) atoms. The van der Waals surface area contributed by atoms with Crippen LogP contribution in [0.1, 0.15) is 71.6 Å². The van der Waals surface area contributed by atoms with E-state index in [9.17, 15) is 52.5 Å². The zero-order valence-electron chi connectivity index (χ0n) is 19.4. The van der Waals surface area contributed by atoms with E-state index in [1.807, 2.05) is 0 Å². The van der Waals surface area contributed by atoms with Crippen LogP contribution in [0, 0.1) is 0 Å². The maximum absolute atomic E-state index is 12.2. The summed E-state index contributed by atoms with van der Waals surface area (Å²) in [6.45, 7) is 6.83. The molecule has 208 valence electrons. The Morgan fingerprint density at radius 3 is 1.69 bits per heavy atom. The molecule has 0 saturated carbocycles. The Labute approximate surface area is 199 Å². The maximum Gasteiger partial charge on any atom is 0.460 e. The molecule has 0 aromatic carbocycles. The van der Waals surface area contributed by atoms with E-state index in [2.05, 4.69) is 41.7 Å². The van der Waals surface area contributed by atoms with Gasteiger partial charge in [0.15, 0.2) is 10.1 Å². The summed E-state index contributed by atoms with van der Waals surface area (Å²) in [6, 6.07) is 0. The van der Waals surface area contributed by atoms with E-state index in [1.54, 1.807) is 0 Å². The van der Waals surface area contributed by atoms with E-state index in [1.165, 1.54) is 64.3 Å². The van der Waals surface area contributed by atoms with E-state index < -0.39 is 33.4 Å². The lowest BCUT2D eigenvalue weighted by molar-refractivity contribution is -0.696. The van der Waals surface area contributed by atoms with E-state index >= 15 is 0 Å². The van der Waals surface area contributed by atoms with Crippen LogP contribution in [0.2, 0.25) is 0 Å². The summed E-state index contributed by atoms with van der Waals surface area (Å²) in [4.78, 5) is 0. The lowest BCUT2D eigenvalue weighted by Crippen LogP contribution is -2.63. The number of aromatic nitrogens is 2. The average molecular weight is 551 g/mol. The molecular weight excluding hydrogens is 519 g/mol. The Morgan fingerprint density at radius 2 is 1.26 bits per heavy atom. The number of hydrogen-bond acceptors (Lipinski definition) is 3. The van der Waals surface area contributed by atoms with Crippen molar-refractivity contribution in [2.45, 2.75) is 108 Å². The molecule has 1 rings (SSSR count). The molecule has 0 fully saturated rings. The van der Waals surface area contributed by atoms with Crippen molar-refractivity contribution in [1.82, 2.24) is 4.57 Å². The highest BCUT2D eigenvalue weighted by atomic mass is 32.2. The van der Waals surface area contributed by atoms with Gasteiger partial charge in [0.25, 0.3) is 0 Å². The fourth-order valence-electron chi connectivity index (χ4n) is 2.91. The third kappa shape index (κ3) is 9.47. The molecule has 15 heteroatoms. The van der Waals surface area contributed by atoms with Gasteiger partial charge in [-0.15, -0.1) is 0 Å². The smallest absolute Gasteiger partial charge is 0.460 e. The Balaban J connectivity index is 0.000000662.